The Bertz CT molecular complexity index is 665. The Morgan fingerprint density at radius 1 is 1.43 bits per heavy atom. The number of carbonyl (C=O) groups is 1. The predicted octanol–water partition coefficient (Wildman–Crippen LogP) is 2.32. The highest BCUT2D eigenvalue weighted by Gasteiger charge is 2.25. The van der Waals surface area contributed by atoms with Crippen molar-refractivity contribution in [2.75, 3.05) is 13.1 Å². The highest BCUT2D eigenvalue weighted by atomic mass is 32.1. The van der Waals surface area contributed by atoms with E-state index >= 15 is 0 Å². The third-order valence-corrected chi connectivity index (χ3v) is 5.31. The Labute approximate surface area is 128 Å². The van der Waals surface area contributed by atoms with Crippen molar-refractivity contribution >= 4 is 27.5 Å². The Balaban J connectivity index is 1.90. The van der Waals surface area contributed by atoms with Gasteiger partial charge in [0.1, 0.15) is 4.83 Å². The van der Waals surface area contributed by atoms with Crippen LogP contribution >= 0.6 is 11.3 Å². The Morgan fingerprint density at radius 2 is 2.10 bits per heavy atom. The zero-order valence-electron chi connectivity index (χ0n) is 12.8. The van der Waals surface area contributed by atoms with E-state index in [1.165, 1.54) is 0 Å². The van der Waals surface area contributed by atoms with Crippen molar-refractivity contribution in [3.05, 3.63) is 16.6 Å². The molecule has 0 spiro atoms. The van der Waals surface area contributed by atoms with E-state index in [9.17, 15) is 4.79 Å². The van der Waals surface area contributed by atoms with E-state index in [1.54, 1.807) is 11.3 Å². The number of hydrogen-bond acceptors (Lipinski definition) is 4. The lowest BCUT2D eigenvalue weighted by Gasteiger charge is -2.29. The third kappa shape index (κ3) is 2.58. The first-order chi connectivity index (χ1) is 9.97. The fourth-order valence-electron chi connectivity index (χ4n) is 2.86. The number of fused-ring (bicyclic) bond motifs is 1. The van der Waals surface area contributed by atoms with Gasteiger partial charge < -0.3 is 10.6 Å². The maximum atomic E-state index is 12.6. The van der Waals surface area contributed by atoms with Crippen molar-refractivity contribution in [3.63, 3.8) is 0 Å². The molecule has 3 rings (SSSR count). The number of likely N-dealkylation sites (tertiary alicyclic amines) is 1. The summed E-state index contributed by atoms with van der Waals surface area (Å²) in [6.45, 7) is 5.80. The summed E-state index contributed by atoms with van der Waals surface area (Å²) in [4.78, 5) is 16.5. The highest BCUT2D eigenvalue weighted by molar-refractivity contribution is 7.20. The van der Waals surface area contributed by atoms with Gasteiger partial charge in [-0.1, -0.05) is 13.8 Å². The minimum Gasteiger partial charge on any atom is -0.338 e. The molecule has 2 aromatic rings. The number of thiophene rings is 1. The zero-order chi connectivity index (χ0) is 15.1. The van der Waals surface area contributed by atoms with Crippen LogP contribution < -0.4 is 5.73 Å². The van der Waals surface area contributed by atoms with Gasteiger partial charge in [0.25, 0.3) is 5.91 Å². The first-order valence-electron chi connectivity index (χ1n) is 7.48. The number of aryl methyl sites for hydroxylation is 1. The van der Waals surface area contributed by atoms with Crippen LogP contribution in [0.5, 0.6) is 0 Å². The van der Waals surface area contributed by atoms with Crippen LogP contribution in [0.3, 0.4) is 0 Å². The molecular formula is C15H22N4OS. The van der Waals surface area contributed by atoms with Gasteiger partial charge in [0, 0.05) is 31.6 Å². The van der Waals surface area contributed by atoms with Gasteiger partial charge >= 0.3 is 0 Å². The van der Waals surface area contributed by atoms with Crippen LogP contribution in [0.2, 0.25) is 0 Å². The van der Waals surface area contributed by atoms with E-state index < -0.39 is 0 Å². The van der Waals surface area contributed by atoms with Gasteiger partial charge in [0.15, 0.2) is 0 Å². The van der Waals surface area contributed by atoms with E-state index in [0.29, 0.717) is 5.92 Å². The molecule has 2 N–H and O–H groups in total. The number of rotatable bonds is 2. The fraction of sp³-hybridized carbons (Fsp3) is 0.600. The third-order valence-electron chi connectivity index (χ3n) is 4.12. The second-order valence-corrected chi connectivity index (χ2v) is 7.15. The number of piperidine rings is 1. The maximum absolute atomic E-state index is 12.6. The van der Waals surface area contributed by atoms with E-state index in [2.05, 4.69) is 18.9 Å². The summed E-state index contributed by atoms with van der Waals surface area (Å²) < 4.78 is 1.89. The first-order valence-corrected chi connectivity index (χ1v) is 8.30. The lowest BCUT2D eigenvalue weighted by atomic mass is 10.1. The predicted molar refractivity (Wildman–Crippen MR) is 85.8 cm³/mol. The van der Waals surface area contributed by atoms with Crippen molar-refractivity contribution in [1.82, 2.24) is 14.7 Å². The molecule has 1 saturated heterocycles. The second kappa shape index (κ2) is 5.42. The Morgan fingerprint density at radius 3 is 2.71 bits per heavy atom. The van der Waals surface area contributed by atoms with Crippen molar-refractivity contribution in [2.24, 2.45) is 12.8 Å². The van der Waals surface area contributed by atoms with Crippen LogP contribution in [0.15, 0.2) is 6.07 Å². The van der Waals surface area contributed by atoms with Crippen molar-refractivity contribution < 1.29 is 4.79 Å². The minimum atomic E-state index is 0.137. The monoisotopic (exact) mass is 306 g/mol. The summed E-state index contributed by atoms with van der Waals surface area (Å²) in [5.41, 5.74) is 6.98. The standard InChI is InChI=1S/C15H22N4OS/c1-9(2)13-11-8-12(21-15(11)18(3)17-13)14(20)19-6-4-10(16)5-7-19/h8-10H,4-7,16H2,1-3H3. The number of aromatic nitrogens is 2. The summed E-state index contributed by atoms with van der Waals surface area (Å²) in [6.07, 6.45) is 1.80. The Hall–Kier alpha value is -1.40. The van der Waals surface area contributed by atoms with Crippen molar-refractivity contribution in [1.29, 1.82) is 0 Å². The van der Waals surface area contributed by atoms with E-state index in [1.807, 2.05) is 22.7 Å². The van der Waals surface area contributed by atoms with Gasteiger partial charge in [-0.25, -0.2) is 0 Å². The molecule has 21 heavy (non-hydrogen) atoms. The van der Waals surface area contributed by atoms with Crippen LogP contribution in [0.4, 0.5) is 0 Å². The molecule has 5 nitrogen and oxygen atoms in total. The molecule has 0 unspecified atom stereocenters. The van der Waals surface area contributed by atoms with Gasteiger partial charge in [-0.15, -0.1) is 11.3 Å². The normalized spacial score (nSPS) is 17.1. The molecule has 0 bridgehead atoms. The van der Waals surface area contributed by atoms with Crippen LogP contribution in [0.1, 0.15) is 48.0 Å². The molecule has 3 heterocycles. The Kier molecular flexibility index (Phi) is 3.75. The molecule has 0 aliphatic carbocycles. The van der Waals surface area contributed by atoms with Gasteiger partial charge in [-0.05, 0) is 24.8 Å². The average Bonchev–Trinajstić information content (AvgIpc) is 3.00. The van der Waals surface area contributed by atoms with Crippen LogP contribution in [0.25, 0.3) is 10.2 Å². The molecule has 0 radical (unpaired) electrons. The number of nitrogens with zero attached hydrogens (tertiary/aromatic N) is 3. The molecular weight excluding hydrogens is 284 g/mol. The molecule has 1 aliphatic rings. The molecule has 1 fully saturated rings. The van der Waals surface area contributed by atoms with Gasteiger partial charge in [-0.3, -0.25) is 9.48 Å². The summed E-state index contributed by atoms with van der Waals surface area (Å²) in [6, 6.07) is 2.26. The topological polar surface area (TPSA) is 64.2 Å². The zero-order valence-corrected chi connectivity index (χ0v) is 13.6. The van der Waals surface area contributed by atoms with Crippen LogP contribution in [0, 0.1) is 0 Å². The number of hydrogen-bond donors (Lipinski definition) is 1. The molecule has 1 aliphatic heterocycles. The SMILES string of the molecule is CC(C)c1nn(C)c2sc(C(=O)N3CCC(N)CC3)cc12. The van der Waals surface area contributed by atoms with Gasteiger partial charge in [-0.2, -0.15) is 5.10 Å². The number of nitrogens with two attached hydrogens (primary N) is 1. The quantitative estimate of drug-likeness (QED) is 0.926. The average molecular weight is 306 g/mol. The lowest BCUT2D eigenvalue weighted by Crippen LogP contribution is -2.42. The molecule has 0 saturated carbocycles. The van der Waals surface area contributed by atoms with Crippen LogP contribution in [-0.4, -0.2) is 39.7 Å². The van der Waals surface area contributed by atoms with Crippen molar-refractivity contribution in [3.8, 4) is 0 Å². The molecule has 2 aromatic heterocycles. The molecule has 0 atom stereocenters. The van der Waals surface area contributed by atoms with E-state index in [-0.39, 0.29) is 11.9 Å². The lowest BCUT2D eigenvalue weighted by molar-refractivity contribution is 0.0720. The summed E-state index contributed by atoms with van der Waals surface area (Å²) in [5.74, 6) is 0.497. The number of amides is 1. The second-order valence-electron chi connectivity index (χ2n) is 6.12. The summed E-state index contributed by atoms with van der Waals surface area (Å²) in [7, 11) is 1.94. The van der Waals surface area contributed by atoms with Gasteiger partial charge in [0.2, 0.25) is 0 Å². The molecule has 6 heteroatoms. The van der Waals surface area contributed by atoms with E-state index in [0.717, 1.165) is 46.7 Å². The smallest absolute Gasteiger partial charge is 0.264 e. The van der Waals surface area contributed by atoms with Crippen LogP contribution in [-0.2, 0) is 7.05 Å². The first kappa shape index (κ1) is 14.5. The highest BCUT2D eigenvalue weighted by Crippen LogP contribution is 2.32. The molecule has 114 valence electrons. The van der Waals surface area contributed by atoms with Crippen molar-refractivity contribution in [2.45, 2.75) is 38.6 Å². The minimum absolute atomic E-state index is 0.137. The summed E-state index contributed by atoms with van der Waals surface area (Å²) in [5, 5.41) is 5.68. The summed E-state index contributed by atoms with van der Waals surface area (Å²) >= 11 is 1.54. The largest absolute Gasteiger partial charge is 0.338 e. The van der Waals surface area contributed by atoms with Gasteiger partial charge in [0.05, 0.1) is 10.6 Å². The fourth-order valence-corrected chi connectivity index (χ4v) is 3.90. The van der Waals surface area contributed by atoms with E-state index in [4.69, 9.17) is 5.73 Å². The maximum Gasteiger partial charge on any atom is 0.264 e. The molecule has 0 aromatic carbocycles. The molecule has 1 amide bonds. The number of carbonyl (C=O) groups excluding carboxylic acids is 1.